The third-order valence-corrected chi connectivity index (χ3v) is 22.4. The summed E-state index contributed by atoms with van der Waals surface area (Å²) < 4.78 is 216. The molecule has 9 amide bonds. The number of morpholine rings is 2. The highest BCUT2D eigenvalue weighted by molar-refractivity contribution is 6.06. The number of nitrogens with zero attached hydrogens (tertiary/aromatic N) is 6. The Hall–Kier alpha value is -12.8. The number of fused-ring (bicyclic) bond motifs is 4. The molecule has 4 atom stereocenters. The van der Waals surface area contributed by atoms with Crippen LogP contribution in [0.1, 0.15) is 283 Å². The van der Waals surface area contributed by atoms with E-state index < -0.39 is 145 Å². The zero-order valence-electron chi connectivity index (χ0n) is 98.0. The first kappa shape index (κ1) is 78.4. The quantitative estimate of drug-likeness (QED) is 0.0244. The minimum absolute atomic E-state index is 0. The van der Waals surface area contributed by atoms with Gasteiger partial charge in [-0.1, -0.05) is 172 Å². The van der Waals surface area contributed by atoms with Crippen LogP contribution in [0.15, 0.2) is 170 Å². The van der Waals surface area contributed by atoms with Gasteiger partial charge >= 0.3 is 0 Å². The maximum Gasteiger partial charge on any atom is 0.255 e. The third-order valence-electron chi connectivity index (χ3n) is 22.4. The van der Waals surface area contributed by atoms with E-state index in [1.807, 2.05) is 18.2 Å². The lowest BCUT2D eigenvalue weighted by Crippen LogP contribution is -2.52. The largest absolute Gasteiger partial charge is 0.508 e. The molecule has 0 bridgehead atoms. The number of hydrogen-bond acceptors (Lipinski definition) is 21. The first-order chi connectivity index (χ1) is 72.5. The van der Waals surface area contributed by atoms with Crippen molar-refractivity contribution < 1.29 is 124 Å². The Morgan fingerprint density at radius 1 is 0.412 bits per heavy atom. The molecule has 8 aliphatic rings. The molecule has 8 aromatic carbocycles. The lowest BCUT2D eigenvalue weighted by molar-refractivity contribution is -0.137. The number of nitrogens with two attached hydrogens (primary N) is 3. The average molecular weight is 1890 g/mol. The van der Waals surface area contributed by atoms with Crippen LogP contribution in [0.2, 0.25) is 0 Å². The number of aromatic hydroxyl groups is 1. The van der Waals surface area contributed by atoms with Crippen LogP contribution < -0.4 is 36.7 Å². The fourth-order valence-corrected chi connectivity index (χ4v) is 15.1. The lowest BCUT2D eigenvalue weighted by atomic mass is 10.0. The number of benzene rings is 8. The van der Waals surface area contributed by atoms with E-state index in [1.165, 1.54) is 63.1 Å². The van der Waals surface area contributed by atoms with E-state index in [9.17, 15) is 62.6 Å². The molecule has 8 N–H and O–H groups in total. The number of aryl methyl sites for hydroxylation is 3. The molecule has 8 aromatic rings. The number of primary amides is 3. The summed E-state index contributed by atoms with van der Waals surface area (Å²) in [6, 6.07) is 46.6. The van der Waals surface area contributed by atoms with Gasteiger partial charge in [0, 0.05) is 139 Å². The van der Waals surface area contributed by atoms with Crippen LogP contribution in [-0.2, 0) is 131 Å². The zero-order valence-corrected chi connectivity index (χ0v) is 74.0. The Morgan fingerprint density at radius 3 is 1.03 bits per heavy atom. The fraction of sp³-hybridized carbons (Fsp3) is 0.439. The topological polar surface area (TPSA) is 390 Å². The van der Waals surface area contributed by atoms with E-state index in [-0.39, 0.29) is 173 Å². The number of hydrogen-bond donors (Lipinski definition) is 5. The standard InChI is InChI=1S/C26H31N3O5.C25H27N3O5.C23H26N2O4.C14H16N2O4.C10H14.C5H10O.4CH4/c1-18(30)5-10-23(25(27)31)29-16-22-21(26(29)32)3-2-4-24(22)34-17-20-8-6-19(7-9-20)15-28-11-13-33-14-12-28;29-23-9-8-21(24(30)26-23)28-15-20-19(25(28)31)2-1-3-22(20)33-16-18-6-4-17(5-7-18)14-27-10-12-32-13-11-27;1-3-16-8-10-17(11-9-16)14-29-21-6-4-5-18-19(21)13-25(23(18)28)20(22(24)27)12-7-15(2)26;1-8(17)5-6-11(13(15)19)16-7-10-9(14(16)20)3-2-4-12(10)18;1-3-9-5-7-10(4-2)8-6-9;1-2-4-6-5-3-1;;;;/h2-4,6-9,23H,5,10-17H2,1H3,(H2,27,31);1-7,21H,8-16H2,(H,26,29,30);4-6,8-11,20H,3,7,12-14H2,1-2H3,(H2,24,27);2-4,11,18H,5-7H2,1H3,(H2,15,19);5-8H,3-4H2,1-2H3;1-5H2;4*1H4/t23-;21-;20-;11-;;;;;;/m0000....../s1/i11D2,12D2,13D2,14D2;10D2,11D2,12D2,13D2;;;;2D2,3D2,4D2,5D2;;;;. The van der Waals surface area contributed by atoms with Crippen LogP contribution in [0.3, 0.4) is 0 Å². The Morgan fingerprint density at radius 2 is 0.713 bits per heavy atom. The van der Waals surface area contributed by atoms with Crippen molar-refractivity contribution in [1.82, 2.24) is 34.7 Å². The fourth-order valence-electron chi connectivity index (χ4n) is 15.1. The summed E-state index contributed by atoms with van der Waals surface area (Å²) in [7, 11) is 0. The van der Waals surface area contributed by atoms with Crippen LogP contribution >= 0.6 is 0 Å². The van der Waals surface area contributed by atoms with Crippen molar-refractivity contribution in [3.63, 3.8) is 0 Å². The molecule has 0 aliphatic carbocycles. The Kier molecular flexibility index (Phi) is 31.5. The van der Waals surface area contributed by atoms with Crippen molar-refractivity contribution in [2.24, 2.45) is 17.2 Å². The molecule has 8 heterocycles. The van der Waals surface area contributed by atoms with Crippen molar-refractivity contribution in [2.75, 3.05) is 65.3 Å². The Bertz CT molecular complexity index is 6470. The molecule has 0 unspecified atom stereocenters. The number of nitrogens with one attached hydrogen (secondary N) is 1. The van der Waals surface area contributed by atoms with Crippen LogP contribution in [0, 0.1) is 0 Å². The molecule has 136 heavy (non-hydrogen) atoms. The van der Waals surface area contributed by atoms with Gasteiger partial charge < -0.3 is 84.7 Å². The highest BCUT2D eigenvalue weighted by Gasteiger charge is 2.43. The van der Waals surface area contributed by atoms with E-state index >= 15 is 0 Å². The summed E-state index contributed by atoms with van der Waals surface area (Å²) >= 11 is 0. The minimum Gasteiger partial charge on any atom is -0.508 e. The molecule has 4 fully saturated rings. The molecule has 29 heteroatoms. The van der Waals surface area contributed by atoms with Gasteiger partial charge in [-0.3, -0.25) is 58.3 Å². The SMILES string of the molecule is C.C.C.C.CC(=O)CC[C@@H](C(N)=O)N1Cc2c(O)cccc2C1=O.CCc1ccc(CC)cc1.CCc1ccc(COc2cccc3c2CN([C@@H](CCC(C)=O)C(N)=O)C3=O)cc1.[2H]C1([2H])CC([2H])([2H])C([2H])([2H])OC1([2H])[2H].[2H]C1([2H])OC([2H])([2H])C([2H])([2H])N(Cc2ccc(COc3cccc4c3CN([C@@H](CCC(C)=O)C(N)=O)C4=O)cc2)C1([2H])[2H].[2H]C1([2H])OC([2H])([2H])C([2H])([2H])N(Cc2ccc(COc3cccc4c3CN([C@H]3CCC(=O)NC3=O)C4=O)cc2)C1([2H])[2H]. The highest BCUT2D eigenvalue weighted by atomic mass is 16.5. The van der Waals surface area contributed by atoms with Crippen molar-refractivity contribution in [2.45, 2.75) is 244 Å². The number of Topliss-reactive ketones (excluding diaryl/α,β-unsaturated/α-hetero) is 3. The Labute approximate surface area is 835 Å². The number of ketones is 3. The number of amides is 9. The normalized spacial score (nSPS) is 23.4. The van der Waals surface area contributed by atoms with Gasteiger partial charge in [-0.05, 0) is 178 Å². The summed E-state index contributed by atoms with van der Waals surface area (Å²) in [6.45, 7) is -19.0. The van der Waals surface area contributed by atoms with Crippen LogP contribution in [0.5, 0.6) is 23.0 Å². The second kappa shape index (κ2) is 54.7. The molecule has 4 saturated heterocycles. The van der Waals surface area contributed by atoms with Gasteiger partial charge in [0.25, 0.3) is 23.6 Å². The molecule has 16 rings (SSSR count). The summed E-state index contributed by atoms with van der Waals surface area (Å²) in [5.74, 6) is -2.85. The lowest BCUT2D eigenvalue weighted by Gasteiger charge is -2.29. The van der Waals surface area contributed by atoms with Gasteiger partial charge in [-0.15, -0.1) is 0 Å². The molecule has 29 nitrogen and oxygen atoms in total. The van der Waals surface area contributed by atoms with Gasteiger partial charge in [0.15, 0.2) is 0 Å². The maximum absolute atomic E-state index is 13.1. The second-order valence-corrected chi connectivity index (χ2v) is 31.6. The average Bonchev–Trinajstić information content (AvgIpc) is 0.732. The number of piperidine rings is 1. The van der Waals surface area contributed by atoms with Crippen molar-refractivity contribution in [1.29, 1.82) is 0 Å². The van der Waals surface area contributed by atoms with Crippen molar-refractivity contribution in [3.8, 4) is 23.0 Å². The second-order valence-electron chi connectivity index (χ2n) is 31.6. The van der Waals surface area contributed by atoms with Crippen LogP contribution in [-0.4, -0.2) is 195 Å². The number of carbonyl (C=O) groups is 12. The van der Waals surface area contributed by atoms with Gasteiger partial charge in [-0.25, -0.2) is 0 Å². The van der Waals surface area contributed by atoms with E-state index in [4.69, 9.17) is 64.3 Å². The van der Waals surface area contributed by atoms with Crippen molar-refractivity contribution >= 4 is 70.5 Å². The number of ether oxygens (including phenoxy) is 6. The summed E-state index contributed by atoms with van der Waals surface area (Å²) in [5.41, 5.74) is 27.8. The zero-order chi connectivity index (χ0) is 116. The van der Waals surface area contributed by atoms with Gasteiger partial charge in [-0.2, -0.15) is 0 Å². The summed E-state index contributed by atoms with van der Waals surface area (Å²) in [5, 5.41) is 12.0. The number of phenols is 1. The monoisotopic (exact) mass is 1890 g/mol. The van der Waals surface area contributed by atoms with E-state index in [1.54, 1.807) is 109 Å². The Balaban J connectivity index is 0.000000272. The van der Waals surface area contributed by atoms with E-state index in [0.717, 1.165) is 30.4 Å². The summed E-state index contributed by atoms with van der Waals surface area (Å²) in [4.78, 5) is 151. The molecular weight excluding hydrogens is 1730 g/mol. The molecule has 0 radical (unpaired) electrons. The number of carbonyl (C=O) groups excluding carboxylic acids is 12. The minimum atomic E-state index is -3.12. The number of imide groups is 1. The van der Waals surface area contributed by atoms with Gasteiger partial charge in [0.1, 0.15) is 84.3 Å². The number of phenolic OH excluding ortho intramolecular Hbond substituents is 1. The summed E-state index contributed by atoms with van der Waals surface area (Å²) in [6.07, 6.45) is -1.26. The highest BCUT2D eigenvalue weighted by Crippen LogP contribution is 2.39. The first-order valence-electron chi connectivity index (χ1n) is 55.0. The smallest absolute Gasteiger partial charge is 0.255 e. The predicted octanol–water partition coefficient (Wildman–Crippen LogP) is 14.3. The molecule has 8 aliphatic heterocycles. The van der Waals surface area contributed by atoms with Crippen LogP contribution in [0.4, 0.5) is 0 Å². The van der Waals surface area contributed by atoms with Crippen molar-refractivity contribution in [3.05, 3.63) is 259 Å². The molecular formula is C107H140N10O19. The molecule has 732 valence electrons. The first-order valence-corrected chi connectivity index (χ1v) is 43.0. The molecule has 0 saturated carbocycles. The third kappa shape index (κ3) is 30.9. The molecule has 0 spiro atoms. The van der Waals surface area contributed by atoms with Crippen LogP contribution in [0.25, 0.3) is 0 Å². The maximum atomic E-state index is 13.1. The number of rotatable bonds is 32. The van der Waals surface area contributed by atoms with E-state index in [0.29, 0.717) is 94.9 Å². The van der Waals surface area contributed by atoms with Gasteiger partial charge in [0.05, 0.1) is 68.9 Å². The molecule has 0 aromatic heterocycles. The van der Waals surface area contributed by atoms with E-state index in [2.05, 4.69) is 76.7 Å². The van der Waals surface area contributed by atoms with Gasteiger partial charge in [0.2, 0.25) is 29.5 Å². The predicted molar refractivity (Wildman–Crippen MR) is 522 cm³/mol.